The molecule has 4 rings (SSSR count). The van der Waals surface area contributed by atoms with Gasteiger partial charge < -0.3 is 16.0 Å². The summed E-state index contributed by atoms with van der Waals surface area (Å²) in [5.41, 5.74) is 6.85. The quantitative estimate of drug-likeness (QED) is 0.893. The molecule has 2 aliphatic carbocycles. The Bertz CT molecular complexity index is 568. The van der Waals surface area contributed by atoms with Gasteiger partial charge in [-0.05, 0) is 62.5 Å². The Labute approximate surface area is 144 Å². The Morgan fingerprint density at radius 2 is 1.83 bits per heavy atom. The van der Waals surface area contributed by atoms with Crippen LogP contribution in [0.25, 0.3) is 0 Å². The molecule has 2 bridgehead atoms. The largest absolute Gasteiger partial charge is 0.357 e. The van der Waals surface area contributed by atoms with Crippen LogP contribution in [0.5, 0.6) is 0 Å². The number of hydrogen-bond donors (Lipinski definition) is 2. The Morgan fingerprint density at radius 1 is 1.12 bits per heavy atom. The molecule has 1 aromatic heterocycles. The van der Waals surface area contributed by atoms with E-state index in [9.17, 15) is 4.79 Å². The molecule has 2 unspecified atom stereocenters. The average molecular weight is 328 g/mol. The first-order chi connectivity index (χ1) is 11.7. The second-order valence-electron chi connectivity index (χ2n) is 7.78. The topological polar surface area (TPSA) is 71.2 Å². The first kappa shape index (κ1) is 15.9. The predicted octanol–water partition coefficient (Wildman–Crippen LogP) is 2.32. The first-order valence-electron chi connectivity index (χ1n) is 9.48. The minimum absolute atomic E-state index is 0.0212. The van der Waals surface area contributed by atoms with Gasteiger partial charge in [0.2, 0.25) is 0 Å². The number of nitrogens with zero attached hydrogens (tertiary/aromatic N) is 2. The normalized spacial score (nSPS) is 32.6. The van der Waals surface area contributed by atoms with Crippen molar-refractivity contribution in [2.24, 2.45) is 17.6 Å². The molecule has 3 N–H and O–H groups in total. The van der Waals surface area contributed by atoms with Crippen molar-refractivity contribution in [3.8, 4) is 0 Å². The third-order valence-electron chi connectivity index (χ3n) is 6.11. The molecule has 5 heteroatoms. The van der Waals surface area contributed by atoms with Crippen molar-refractivity contribution in [1.29, 1.82) is 0 Å². The number of nitrogens with two attached hydrogens (primary N) is 1. The number of amides is 1. The molecule has 1 aliphatic heterocycles. The van der Waals surface area contributed by atoms with Gasteiger partial charge in [0, 0.05) is 31.4 Å². The zero-order valence-electron chi connectivity index (χ0n) is 14.3. The number of hydrogen-bond acceptors (Lipinski definition) is 4. The van der Waals surface area contributed by atoms with Gasteiger partial charge in [-0.15, -0.1) is 0 Å². The number of anilines is 1. The molecule has 3 aliphatic rings. The molecule has 3 fully saturated rings. The predicted molar refractivity (Wildman–Crippen MR) is 95.0 cm³/mol. The summed E-state index contributed by atoms with van der Waals surface area (Å²) < 4.78 is 0. The maximum Gasteiger partial charge on any atom is 0.253 e. The second-order valence-corrected chi connectivity index (χ2v) is 7.78. The fraction of sp³-hybridized carbons (Fsp3) is 0.684. The zero-order chi connectivity index (χ0) is 16.5. The number of carbonyl (C=O) groups excluding carboxylic acids is 1. The van der Waals surface area contributed by atoms with Gasteiger partial charge in [0.05, 0.1) is 5.56 Å². The third-order valence-corrected chi connectivity index (χ3v) is 6.11. The highest BCUT2D eigenvalue weighted by Crippen LogP contribution is 2.39. The van der Waals surface area contributed by atoms with Crippen LogP contribution >= 0.6 is 0 Å². The number of carbonyl (C=O) groups is 1. The molecule has 1 aromatic rings. The van der Waals surface area contributed by atoms with Crippen LogP contribution in [0, 0.1) is 11.8 Å². The molecule has 2 heterocycles. The van der Waals surface area contributed by atoms with Crippen molar-refractivity contribution >= 4 is 11.7 Å². The van der Waals surface area contributed by atoms with Crippen LogP contribution in [0.4, 0.5) is 5.82 Å². The van der Waals surface area contributed by atoms with Gasteiger partial charge in [0.15, 0.2) is 0 Å². The second kappa shape index (κ2) is 6.71. The average Bonchev–Trinajstić information content (AvgIpc) is 3.10. The number of nitrogens with one attached hydrogen (secondary N) is 1. The lowest BCUT2D eigenvalue weighted by molar-refractivity contribution is 0.0755. The third kappa shape index (κ3) is 3.14. The molecular weight excluding hydrogens is 300 g/mol. The van der Waals surface area contributed by atoms with E-state index in [-0.39, 0.29) is 5.91 Å². The smallest absolute Gasteiger partial charge is 0.253 e. The Hall–Kier alpha value is -1.62. The van der Waals surface area contributed by atoms with Gasteiger partial charge in [0.25, 0.3) is 5.91 Å². The SMILES string of the molecule is NC1CC2CCCC(C1)C2NC(=O)c1ccc(N2CCCC2)nc1. The molecule has 5 nitrogen and oxygen atoms in total. The summed E-state index contributed by atoms with van der Waals surface area (Å²) in [5, 5.41) is 3.30. The Kier molecular flexibility index (Phi) is 4.44. The number of fused-ring (bicyclic) bond motifs is 2. The Morgan fingerprint density at radius 3 is 2.46 bits per heavy atom. The van der Waals surface area contributed by atoms with E-state index in [4.69, 9.17) is 5.73 Å². The van der Waals surface area contributed by atoms with E-state index in [1.54, 1.807) is 6.20 Å². The molecule has 2 saturated carbocycles. The molecule has 130 valence electrons. The van der Waals surface area contributed by atoms with E-state index in [1.807, 2.05) is 12.1 Å². The van der Waals surface area contributed by atoms with Gasteiger partial charge in [-0.2, -0.15) is 0 Å². The van der Waals surface area contributed by atoms with Crippen LogP contribution in [0.15, 0.2) is 18.3 Å². The van der Waals surface area contributed by atoms with Crippen molar-refractivity contribution in [3.63, 3.8) is 0 Å². The highest BCUT2D eigenvalue weighted by molar-refractivity contribution is 5.94. The molecule has 24 heavy (non-hydrogen) atoms. The molecule has 0 radical (unpaired) electrons. The highest BCUT2D eigenvalue weighted by atomic mass is 16.1. The first-order valence-corrected chi connectivity index (χ1v) is 9.48. The highest BCUT2D eigenvalue weighted by Gasteiger charge is 2.39. The molecule has 1 saturated heterocycles. The number of pyridine rings is 1. The lowest BCUT2D eigenvalue weighted by atomic mass is 9.67. The summed E-state index contributed by atoms with van der Waals surface area (Å²) in [6.07, 6.45) is 9.96. The molecule has 0 spiro atoms. The summed E-state index contributed by atoms with van der Waals surface area (Å²) in [6, 6.07) is 4.51. The van der Waals surface area contributed by atoms with E-state index in [0.29, 0.717) is 29.5 Å². The standard InChI is InChI=1S/C19H28N4O/c20-16-10-13-4-3-5-14(11-16)18(13)22-19(24)15-6-7-17(21-12-15)23-8-1-2-9-23/h6-7,12-14,16,18H,1-5,8-11,20H2,(H,22,24). The maximum atomic E-state index is 12.7. The van der Waals surface area contributed by atoms with Crippen LogP contribution in [-0.4, -0.2) is 36.1 Å². The summed E-state index contributed by atoms with van der Waals surface area (Å²) in [5.74, 6) is 2.11. The molecule has 0 aromatic carbocycles. The van der Waals surface area contributed by atoms with Gasteiger partial charge in [0.1, 0.15) is 5.82 Å². The Balaban J connectivity index is 1.42. The van der Waals surface area contributed by atoms with Crippen molar-refractivity contribution in [1.82, 2.24) is 10.3 Å². The summed E-state index contributed by atoms with van der Waals surface area (Å²) in [7, 11) is 0. The fourth-order valence-corrected chi connectivity index (χ4v) is 4.91. The van der Waals surface area contributed by atoms with Crippen LogP contribution < -0.4 is 16.0 Å². The molecule has 1 amide bonds. The molecule has 2 atom stereocenters. The maximum absolute atomic E-state index is 12.7. The van der Waals surface area contributed by atoms with Crippen molar-refractivity contribution in [3.05, 3.63) is 23.9 Å². The van der Waals surface area contributed by atoms with Crippen LogP contribution in [0.3, 0.4) is 0 Å². The minimum Gasteiger partial charge on any atom is -0.357 e. The van der Waals surface area contributed by atoms with E-state index in [2.05, 4.69) is 15.2 Å². The summed E-state index contributed by atoms with van der Waals surface area (Å²) in [4.78, 5) is 19.5. The lowest BCUT2D eigenvalue weighted by Crippen LogP contribution is -2.53. The van der Waals surface area contributed by atoms with Crippen LogP contribution in [0.2, 0.25) is 0 Å². The summed E-state index contributed by atoms with van der Waals surface area (Å²) >= 11 is 0. The van der Waals surface area contributed by atoms with E-state index in [0.717, 1.165) is 31.7 Å². The zero-order valence-corrected chi connectivity index (χ0v) is 14.3. The fourth-order valence-electron chi connectivity index (χ4n) is 4.91. The van der Waals surface area contributed by atoms with Crippen LogP contribution in [0.1, 0.15) is 55.3 Å². The van der Waals surface area contributed by atoms with Crippen LogP contribution in [-0.2, 0) is 0 Å². The summed E-state index contributed by atoms with van der Waals surface area (Å²) in [6.45, 7) is 2.15. The van der Waals surface area contributed by atoms with Crippen molar-refractivity contribution in [2.75, 3.05) is 18.0 Å². The van der Waals surface area contributed by atoms with E-state index >= 15 is 0 Å². The minimum atomic E-state index is 0.0212. The van der Waals surface area contributed by atoms with Gasteiger partial charge in [-0.3, -0.25) is 4.79 Å². The van der Waals surface area contributed by atoms with Gasteiger partial charge >= 0.3 is 0 Å². The number of aromatic nitrogens is 1. The van der Waals surface area contributed by atoms with E-state index in [1.165, 1.54) is 32.1 Å². The number of rotatable bonds is 3. The lowest BCUT2D eigenvalue weighted by Gasteiger charge is -2.45. The van der Waals surface area contributed by atoms with Crippen molar-refractivity contribution < 1.29 is 4.79 Å². The van der Waals surface area contributed by atoms with Gasteiger partial charge in [-0.25, -0.2) is 4.98 Å². The molecular formula is C19H28N4O. The monoisotopic (exact) mass is 328 g/mol. The van der Waals surface area contributed by atoms with Gasteiger partial charge in [-0.1, -0.05) is 6.42 Å². The van der Waals surface area contributed by atoms with E-state index < -0.39 is 0 Å². The van der Waals surface area contributed by atoms with Crippen molar-refractivity contribution in [2.45, 2.75) is 57.0 Å².